The number of H-pyrrole nitrogens is 1. The van der Waals surface area contributed by atoms with Crippen molar-refractivity contribution in [1.29, 1.82) is 0 Å². The summed E-state index contributed by atoms with van der Waals surface area (Å²) in [5.41, 5.74) is 0.306. The van der Waals surface area contributed by atoms with E-state index in [4.69, 9.17) is 21.1 Å². The molecule has 0 amide bonds. The highest BCUT2D eigenvalue weighted by molar-refractivity contribution is 7.89. The number of nitrogens with zero attached hydrogens (tertiary/aromatic N) is 1. The highest BCUT2D eigenvalue weighted by Crippen LogP contribution is 2.26. The zero-order chi connectivity index (χ0) is 19.4. The molecule has 3 rings (SSSR count). The molecule has 0 saturated carbocycles. The molecule has 1 aliphatic rings. The van der Waals surface area contributed by atoms with Gasteiger partial charge in [0.2, 0.25) is 15.8 Å². The number of morpholine rings is 1. The molecule has 144 valence electrons. The maximum atomic E-state index is 12.8. The summed E-state index contributed by atoms with van der Waals surface area (Å²) in [5.74, 6) is -1.21. The first-order valence-corrected chi connectivity index (χ1v) is 9.92. The van der Waals surface area contributed by atoms with Crippen molar-refractivity contribution in [2.45, 2.75) is 4.90 Å². The number of carbonyl (C=O) groups excluding carboxylic acids is 2. The predicted octanol–water partition coefficient (Wildman–Crippen LogP) is 1.73. The zero-order valence-electron chi connectivity index (χ0n) is 14.2. The second-order valence-electron chi connectivity index (χ2n) is 5.74. The standard InChI is InChI=1S/C17H17ClN2O6S/c18-13-4-3-12(17(22)26-11-15(21)14-2-1-5-19-14)10-16(13)27(23,24)20-6-8-25-9-7-20/h1-5,10,19H,6-9,11H2. The van der Waals surface area contributed by atoms with Gasteiger partial charge in [0.1, 0.15) is 4.90 Å². The number of sulfonamides is 1. The number of Topliss-reactive ketones (excluding diaryl/α,β-unsaturated/α-hetero) is 1. The molecule has 2 heterocycles. The Morgan fingerprint density at radius 1 is 1.22 bits per heavy atom. The van der Waals surface area contributed by atoms with Crippen LogP contribution in [0.1, 0.15) is 20.8 Å². The number of hydrogen-bond acceptors (Lipinski definition) is 6. The molecule has 1 aliphatic heterocycles. The lowest BCUT2D eigenvalue weighted by atomic mass is 10.2. The molecule has 0 atom stereocenters. The minimum absolute atomic E-state index is 0.000466. The molecule has 27 heavy (non-hydrogen) atoms. The third-order valence-electron chi connectivity index (χ3n) is 3.99. The summed E-state index contributed by atoms with van der Waals surface area (Å²) in [6.45, 7) is 0.530. The number of carbonyl (C=O) groups is 2. The molecule has 0 bridgehead atoms. The fourth-order valence-electron chi connectivity index (χ4n) is 2.55. The van der Waals surface area contributed by atoms with E-state index in [0.717, 1.165) is 6.07 Å². The summed E-state index contributed by atoms with van der Waals surface area (Å²) in [4.78, 5) is 26.6. The molecule has 0 spiro atoms. The first-order valence-electron chi connectivity index (χ1n) is 8.11. The monoisotopic (exact) mass is 412 g/mol. The molecule has 1 aromatic carbocycles. The highest BCUT2D eigenvalue weighted by Gasteiger charge is 2.29. The van der Waals surface area contributed by atoms with Crippen molar-refractivity contribution < 1.29 is 27.5 Å². The lowest BCUT2D eigenvalue weighted by Crippen LogP contribution is -2.40. The molecular weight excluding hydrogens is 396 g/mol. The molecule has 8 nitrogen and oxygen atoms in total. The highest BCUT2D eigenvalue weighted by atomic mass is 35.5. The van der Waals surface area contributed by atoms with Gasteiger partial charge in [0, 0.05) is 19.3 Å². The van der Waals surface area contributed by atoms with Gasteiger partial charge in [-0.1, -0.05) is 11.6 Å². The topological polar surface area (TPSA) is 106 Å². The van der Waals surface area contributed by atoms with E-state index in [0.29, 0.717) is 18.9 Å². The van der Waals surface area contributed by atoms with Crippen LogP contribution in [-0.2, 0) is 19.5 Å². The molecular formula is C17H17ClN2O6S. The third kappa shape index (κ3) is 4.38. The number of rotatable bonds is 6. The number of esters is 1. The largest absolute Gasteiger partial charge is 0.454 e. The molecule has 2 aromatic rings. The van der Waals surface area contributed by atoms with Crippen molar-refractivity contribution in [3.63, 3.8) is 0 Å². The van der Waals surface area contributed by atoms with E-state index in [1.54, 1.807) is 18.3 Å². The molecule has 1 aromatic heterocycles. The summed E-state index contributed by atoms with van der Waals surface area (Å²) >= 11 is 6.05. The quantitative estimate of drug-likeness (QED) is 0.572. The van der Waals surface area contributed by atoms with Crippen LogP contribution in [0.3, 0.4) is 0 Å². The molecule has 1 fully saturated rings. The van der Waals surface area contributed by atoms with Gasteiger partial charge in [-0.25, -0.2) is 13.2 Å². The Kier molecular flexibility index (Phi) is 5.95. The summed E-state index contributed by atoms with van der Waals surface area (Å²) in [6.07, 6.45) is 1.58. The maximum absolute atomic E-state index is 12.8. The minimum atomic E-state index is -3.87. The van der Waals surface area contributed by atoms with Gasteiger partial charge in [-0.15, -0.1) is 0 Å². The van der Waals surface area contributed by atoms with E-state index in [-0.39, 0.29) is 28.6 Å². The molecule has 0 aliphatic carbocycles. The summed E-state index contributed by atoms with van der Waals surface area (Å²) < 4.78 is 37.0. The van der Waals surface area contributed by atoms with Gasteiger partial charge >= 0.3 is 5.97 Å². The van der Waals surface area contributed by atoms with E-state index in [2.05, 4.69) is 4.98 Å². The van der Waals surface area contributed by atoms with E-state index >= 15 is 0 Å². The van der Waals surface area contributed by atoms with Gasteiger partial charge in [-0.05, 0) is 30.3 Å². The van der Waals surface area contributed by atoms with Crippen LogP contribution in [0.5, 0.6) is 0 Å². The molecule has 1 N–H and O–H groups in total. The number of aromatic amines is 1. The van der Waals surface area contributed by atoms with Gasteiger partial charge in [0.05, 0.1) is 29.5 Å². The number of benzene rings is 1. The van der Waals surface area contributed by atoms with Gasteiger partial charge in [0.15, 0.2) is 6.61 Å². The first-order chi connectivity index (χ1) is 12.9. The second kappa shape index (κ2) is 8.22. The minimum Gasteiger partial charge on any atom is -0.454 e. The average Bonchev–Trinajstić information content (AvgIpc) is 3.21. The lowest BCUT2D eigenvalue weighted by Gasteiger charge is -2.26. The van der Waals surface area contributed by atoms with Crippen LogP contribution in [-0.4, -0.2) is 62.4 Å². The van der Waals surface area contributed by atoms with E-state index in [1.807, 2.05) is 0 Å². The lowest BCUT2D eigenvalue weighted by molar-refractivity contribution is 0.0473. The number of nitrogens with one attached hydrogen (secondary N) is 1. The van der Waals surface area contributed by atoms with Crippen LogP contribution < -0.4 is 0 Å². The van der Waals surface area contributed by atoms with E-state index in [9.17, 15) is 18.0 Å². The Balaban J connectivity index is 1.76. The van der Waals surface area contributed by atoms with Crippen molar-refractivity contribution in [3.05, 3.63) is 52.8 Å². The van der Waals surface area contributed by atoms with Gasteiger partial charge in [-0.3, -0.25) is 4.79 Å². The SMILES string of the molecule is O=C(OCC(=O)c1ccc[nH]1)c1ccc(Cl)c(S(=O)(=O)N2CCOCC2)c1. The number of ketones is 1. The van der Waals surface area contributed by atoms with Gasteiger partial charge in [0.25, 0.3) is 0 Å². The Labute approximate surface area is 161 Å². The predicted molar refractivity (Wildman–Crippen MR) is 96.4 cm³/mol. The number of aromatic nitrogens is 1. The Bertz CT molecular complexity index is 936. The molecule has 0 unspecified atom stereocenters. The Morgan fingerprint density at radius 3 is 2.63 bits per heavy atom. The van der Waals surface area contributed by atoms with Crippen LogP contribution in [0.4, 0.5) is 0 Å². The normalized spacial score (nSPS) is 15.4. The van der Waals surface area contributed by atoms with Crippen LogP contribution in [0.25, 0.3) is 0 Å². The average molecular weight is 413 g/mol. The van der Waals surface area contributed by atoms with Crippen molar-refractivity contribution in [2.75, 3.05) is 32.9 Å². The zero-order valence-corrected chi connectivity index (χ0v) is 15.8. The van der Waals surface area contributed by atoms with Crippen LogP contribution in [0, 0.1) is 0 Å². The Hall–Kier alpha value is -2.20. The molecule has 0 radical (unpaired) electrons. The first kappa shape index (κ1) is 19.6. The van der Waals surface area contributed by atoms with Crippen LogP contribution >= 0.6 is 11.6 Å². The van der Waals surface area contributed by atoms with Gasteiger partial charge < -0.3 is 14.5 Å². The van der Waals surface area contributed by atoms with Crippen molar-refractivity contribution in [3.8, 4) is 0 Å². The molecule has 10 heteroatoms. The van der Waals surface area contributed by atoms with Crippen molar-refractivity contribution in [1.82, 2.24) is 9.29 Å². The smallest absolute Gasteiger partial charge is 0.338 e. The number of ether oxygens (including phenoxy) is 2. The second-order valence-corrected chi connectivity index (χ2v) is 8.06. The van der Waals surface area contributed by atoms with Gasteiger partial charge in [-0.2, -0.15) is 4.31 Å². The fourth-order valence-corrected chi connectivity index (χ4v) is 4.46. The van der Waals surface area contributed by atoms with Crippen molar-refractivity contribution >= 4 is 33.4 Å². The third-order valence-corrected chi connectivity index (χ3v) is 6.37. The van der Waals surface area contributed by atoms with Crippen LogP contribution in [0.15, 0.2) is 41.4 Å². The number of hydrogen-bond donors (Lipinski definition) is 1. The Morgan fingerprint density at radius 2 is 1.96 bits per heavy atom. The van der Waals surface area contributed by atoms with E-state index < -0.39 is 28.4 Å². The fraction of sp³-hybridized carbons (Fsp3) is 0.294. The summed E-state index contributed by atoms with van der Waals surface area (Å²) in [6, 6.07) is 7.04. The number of halogens is 1. The van der Waals surface area contributed by atoms with E-state index in [1.165, 1.54) is 16.4 Å². The maximum Gasteiger partial charge on any atom is 0.338 e. The summed E-state index contributed by atoms with van der Waals surface area (Å²) in [7, 11) is -3.87. The van der Waals surface area contributed by atoms with Crippen LogP contribution in [0.2, 0.25) is 5.02 Å². The summed E-state index contributed by atoms with van der Waals surface area (Å²) in [5, 5.41) is 0.000466. The van der Waals surface area contributed by atoms with Crippen molar-refractivity contribution in [2.24, 2.45) is 0 Å². The molecule has 1 saturated heterocycles.